The second kappa shape index (κ2) is 2.86. The summed E-state index contributed by atoms with van der Waals surface area (Å²) in [5.74, 6) is 1.93. The first-order valence-electron chi connectivity index (χ1n) is 4.12. The van der Waals surface area contributed by atoms with Crippen molar-refractivity contribution in [1.29, 1.82) is 0 Å². The van der Waals surface area contributed by atoms with E-state index in [4.69, 9.17) is 9.26 Å². The zero-order chi connectivity index (χ0) is 8.55. The Balaban J connectivity index is 1.96. The second-order valence-corrected chi connectivity index (χ2v) is 3.20. The molecule has 0 radical (unpaired) electrons. The maximum atomic E-state index is 5.16. The molecule has 1 saturated carbocycles. The van der Waals surface area contributed by atoms with E-state index in [1.807, 2.05) is 6.92 Å². The topological polar surface area (TPSA) is 48.2 Å². The third-order valence-corrected chi connectivity index (χ3v) is 2.34. The van der Waals surface area contributed by atoms with Gasteiger partial charge in [-0.05, 0) is 12.8 Å². The lowest BCUT2D eigenvalue weighted by Gasteiger charge is -2.31. The molecule has 1 aliphatic rings. The van der Waals surface area contributed by atoms with E-state index in [1.165, 1.54) is 0 Å². The second-order valence-electron chi connectivity index (χ2n) is 3.20. The molecule has 0 aliphatic heterocycles. The SMILES string of the molecule is COC1CC(c2noc(C)n2)C1. The van der Waals surface area contributed by atoms with Crippen molar-refractivity contribution >= 4 is 0 Å². The van der Waals surface area contributed by atoms with Crippen LogP contribution >= 0.6 is 0 Å². The molecule has 0 spiro atoms. The summed E-state index contributed by atoms with van der Waals surface area (Å²) in [6.45, 7) is 1.81. The van der Waals surface area contributed by atoms with E-state index in [0.717, 1.165) is 18.7 Å². The van der Waals surface area contributed by atoms with Crippen molar-refractivity contribution in [2.75, 3.05) is 7.11 Å². The van der Waals surface area contributed by atoms with Crippen molar-refractivity contribution < 1.29 is 9.26 Å². The molecule has 1 fully saturated rings. The van der Waals surface area contributed by atoms with Crippen molar-refractivity contribution in [3.8, 4) is 0 Å². The summed E-state index contributed by atoms with van der Waals surface area (Å²) >= 11 is 0. The lowest BCUT2D eigenvalue weighted by atomic mass is 9.82. The number of aromatic nitrogens is 2. The lowest BCUT2D eigenvalue weighted by Crippen LogP contribution is -2.29. The minimum absolute atomic E-state index is 0.397. The minimum atomic E-state index is 0.397. The van der Waals surface area contributed by atoms with Gasteiger partial charge in [-0.2, -0.15) is 4.98 Å². The molecule has 2 rings (SSSR count). The Kier molecular flexibility index (Phi) is 1.84. The van der Waals surface area contributed by atoms with Crippen LogP contribution in [0.15, 0.2) is 4.52 Å². The van der Waals surface area contributed by atoms with Crippen molar-refractivity contribution in [1.82, 2.24) is 10.1 Å². The standard InChI is InChI=1S/C8H12N2O2/c1-5-9-8(10-12-5)6-3-7(4-6)11-2/h6-7H,3-4H2,1-2H3. The fourth-order valence-electron chi connectivity index (χ4n) is 1.45. The van der Waals surface area contributed by atoms with Gasteiger partial charge in [-0.3, -0.25) is 0 Å². The van der Waals surface area contributed by atoms with Gasteiger partial charge in [0.1, 0.15) is 0 Å². The van der Waals surface area contributed by atoms with Crippen molar-refractivity contribution in [2.24, 2.45) is 0 Å². The molecule has 0 N–H and O–H groups in total. The first-order chi connectivity index (χ1) is 5.79. The summed E-state index contributed by atoms with van der Waals surface area (Å²) in [5, 5.41) is 3.86. The summed E-state index contributed by atoms with van der Waals surface area (Å²) in [7, 11) is 1.74. The van der Waals surface area contributed by atoms with E-state index in [2.05, 4.69) is 10.1 Å². The van der Waals surface area contributed by atoms with Crippen molar-refractivity contribution in [3.63, 3.8) is 0 Å². The van der Waals surface area contributed by atoms with Crippen LogP contribution < -0.4 is 0 Å². The van der Waals surface area contributed by atoms with E-state index in [9.17, 15) is 0 Å². The monoisotopic (exact) mass is 168 g/mol. The van der Waals surface area contributed by atoms with Gasteiger partial charge in [0.2, 0.25) is 5.89 Å². The van der Waals surface area contributed by atoms with Crippen LogP contribution in [0, 0.1) is 6.92 Å². The third-order valence-electron chi connectivity index (χ3n) is 2.34. The summed E-state index contributed by atoms with van der Waals surface area (Å²) in [5.41, 5.74) is 0. The highest BCUT2D eigenvalue weighted by Gasteiger charge is 2.33. The highest BCUT2D eigenvalue weighted by Crippen LogP contribution is 2.36. The highest BCUT2D eigenvalue weighted by molar-refractivity contribution is 5.02. The molecule has 4 heteroatoms. The number of hydrogen-bond acceptors (Lipinski definition) is 4. The molecule has 0 bridgehead atoms. The molecule has 1 aromatic heterocycles. The van der Waals surface area contributed by atoms with Gasteiger partial charge in [0.05, 0.1) is 6.10 Å². The number of nitrogens with zero attached hydrogens (tertiary/aromatic N) is 2. The summed E-state index contributed by atoms with van der Waals surface area (Å²) in [6.07, 6.45) is 2.44. The average Bonchev–Trinajstić information content (AvgIpc) is 2.34. The number of hydrogen-bond donors (Lipinski definition) is 0. The molecule has 4 nitrogen and oxygen atoms in total. The van der Waals surface area contributed by atoms with Crippen molar-refractivity contribution in [2.45, 2.75) is 31.8 Å². The Morgan fingerprint density at radius 3 is 2.75 bits per heavy atom. The van der Waals surface area contributed by atoms with Crippen LogP contribution in [0.5, 0.6) is 0 Å². The summed E-state index contributed by atoms with van der Waals surface area (Å²) < 4.78 is 10.0. The molecule has 12 heavy (non-hydrogen) atoms. The van der Waals surface area contributed by atoms with Crippen LogP contribution in [0.2, 0.25) is 0 Å². The molecule has 0 unspecified atom stereocenters. The minimum Gasteiger partial charge on any atom is -0.381 e. The van der Waals surface area contributed by atoms with Gasteiger partial charge < -0.3 is 9.26 Å². The fraction of sp³-hybridized carbons (Fsp3) is 0.750. The normalized spacial score (nSPS) is 28.5. The van der Waals surface area contributed by atoms with Crippen LogP contribution in [-0.4, -0.2) is 23.4 Å². The Hall–Kier alpha value is -0.900. The van der Waals surface area contributed by atoms with E-state index < -0.39 is 0 Å². The predicted molar refractivity (Wildman–Crippen MR) is 41.8 cm³/mol. The highest BCUT2D eigenvalue weighted by atomic mass is 16.5. The molecule has 0 aromatic carbocycles. The predicted octanol–water partition coefficient (Wildman–Crippen LogP) is 1.27. The van der Waals surface area contributed by atoms with Gasteiger partial charge in [0.15, 0.2) is 5.82 Å². The molecule has 1 heterocycles. The molecular formula is C8H12N2O2. The smallest absolute Gasteiger partial charge is 0.223 e. The first kappa shape index (κ1) is 7.73. The van der Waals surface area contributed by atoms with E-state index in [1.54, 1.807) is 7.11 Å². The van der Waals surface area contributed by atoms with Gasteiger partial charge in [-0.15, -0.1) is 0 Å². The molecule has 0 amide bonds. The lowest BCUT2D eigenvalue weighted by molar-refractivity contribution is 0.0231. The van der Waals surface area contributed by atoms with E-state index in [0.29, 0.717) is 17.9 Å². The maximum absolute atomic E-state index is 5.16. The van der Waals surface area contributed by atoms with Gasteiger partial charge in [0.25, 0.3) is 0 Å². The fourth-order valence-corrected chi connectivity index (χ4v) is 1.45. The number of methoxy groups -OCH3 is 1. The van der Waals surface area contributed by atoms with Crippen LogP contribution in [-0.2, 0) is 4.74 Å². The van der Waals surface area contributed by atoms with Gasteiger partial charge in [-0.1, -0.05) is 5.16 Å². The summed E-state index contributed by atoms with van der Waals surface area (Å²) in [4.78, 5) is 4.17. The zero-order valence-corrected chi connectivity index (χ0v) is 7.28. The third kappa shape index (κ3) is 1.22. The van der Waals surface area contributed by atoms with Crippen LogP contribution in [0.25, 0.3) is 0 Å². The Labute approximate surface area is 70.9 Å². The number of aryl methyl sites for hydroxylation is 1. The van der Waals surface area contributed by atoms with E-state index >= 15 is 0 Å². The Bertz CT molecular complexity index is 266. The van der Waals surface area contributed by atoms with Gasteiger partial charge >= 0.3 is 0 Å². The molecular weight excluding hydrogens is 156 g/mol. The maximum Gasteiger partial charge on any atom is 0.223 e. The quantitative estimate of drug-likeness (QED) is 0.667. The molecule has 66 valence electrons. The summed E-state index contributed by atoms with van der Waals surface area (Å²) in [6, 6.07) is 0. The average molecular weight is 168 g/mol. The Morgan fingerprint density at radius 1 is 1.50 bits per heavy atom. The Morgan fingerprint density at radius 2 is 2.25 bits per heavy atom. The molecule has 0 atom stereocenters. The number of ether oxygens (including phenoxy) is 1. The zero-order valence-electron chi connectivity index (χ0n) is 7.28. The van der Waals surface area contributed by atoms with E-state index in [-0.39, 0.29) is 0 Å². The van der Waals surface area contributed by atoms with Crippen LogP contribution in [0.1, 0.15) is 30.5 Å². The molecule has 0 saturated heterocycles. The number of rotatable bonds is 2. The molecule has 1 aliphatic carbocycles. The largest absolute Gasteiger partial charge is 0.381 e. The van der Waals surface area contributed by atoms with Crippen LogP contribution in [0.4, 0.5) is 0 Å². The van der Waals surface area contributed by atoms with Gasteiger partial charge in [-0.25, -0.2) is 0 Å². The van der Waals surface area contributed by atoms with Gasteiger partial charge in [0, 0.05) is 20.0 Å². The first-order valence-corrected chi connectivity index (χ1v) is 4.12. The van der Waals surface area contributed by atoms with Crippen LogP contribution in [0.3, 0.4) is 0 Å². The van der Waals surface area contributed by atoms with Crippen molar-refractivity contribution in [3.05, 3.63) is 11.7 Å². The molecule has 1 aromatic rings.